The predicted molar refractivity (Wildman–Crippen MR) is 108 cm³/mol. The third kappa shape index (κ3) is 5.65. The summed E-state index contributed by atoms with van der Waals surface area (Å²) >= 11 is 0. The van der Waals surface area contributed by atoms with Gasteiger partial charge in [-0.15, -0.1) is 0 Å². The molecule has 6 nitrogen and oxygen atoms in total. The van der Waals surface area contributed by atoms with E-state index >= 15 is 0 Å². The number of hydrogen-bond acceptors (Lipinski definition) is 3. The van der Waals surface area contributed by atoms with Gasteiger partial charge in [0, 0.05) is 58.2 Å². The number of aromatic nitrogens is 2. The minimum Gasteiger partial charge on any atom is -0.368 e. The highest BCUT2D eigenvalue weighted by atomic mass is 19.4. The van der Waals surface area contributed by atoms with Crippen LogP contribution in [0.2, 0.25) is 0 Å². The Bertz CT molecular complexity index is 822. The summed E-state index contributed by atoms with van der Waals surface area (Å²) in [7, 11) is 1.75. The number of aliphatic imine (C=N–C) groups is 1. The van der Waals surface area contributed by atoms with Crippen LogP contribution in [-0.2, 0) is 12.7 Å². The molecule has 0 aliphatic carbocycles. The fraction of sp³-hybridized carbons (Fsp3) is 0.500. The molecule has 1 aromatic carbocycles. The van der Waals surface area contributed by atoms with Gasteiger partial charge in [0.1, 0.15) is 0 Å². The second kappa shape index (κ2) is 9.19. The highest BCUT2D eigenvalue weighted by Gasteiger charge is 2.31. The van der Waals surface area contributed by atoms with Gasteiger partial charge in [-0.25, -0.2) is 0 Å². The van der Waals surface area contributed by atoms with E-state index in [4.69, 9.17) is 0 Å². The van der Waals surface area contributed by atoms with E-state index in [1.807, 2.05) is 28.9 Å². The monoisotopic (exact) mass is 408 g/mol. The van der Waals surface area contributed by atoms with Gasteiger partial charge in [0.2, 0.25) is 0 Å². The highest BCUT2D eigenvalue weighted by molar-refractivity contribution is 5.80. The number of hydrogen-bond donors (Lipinski definition) is 1. The van der Waals surface area contributed by atoms with Crippen LogP contribution in [0, 0.1) is 6.92 Å². The van der Waals surface area contributed by atoms with Gasteiger partial charge in [-0.1, -0.05) is 6.07 Å². The van der Waals surface area contributed by atoms with E-state index < -0.39 is 11.7 Å². The summed E-state index contributed by atoms with van der Waals surface area (Å²) in [6, 6.07) is 5.52. The molecule has 1 N–H and O–H groups in total. The van der Waals surface area contributed by atoms with Crippen molar-refractivity contribution in [1.82, 2.24) is 20.0 Å². The molecule has 1 aliphatic rings. The number of guanidine groups is 1. The molecular formula is C20H27F3N6. The van der Waals surface area contributed by atoms with Crippen molar-refractivity contribution in [3.8, 4) is 0 Å². The maximum Gasteiger partial charge on any atom is 0.416 e. The molecule has 0 saturated carbocycles. The van der Waals surface area contributed by atoms with Gasteiger partial charge in [-0.3, -0.25) is 9.67 Å². The van der Waals surface area contributed by atoms with Crippen molar-refractivity contribution in [2.75, 3.05) is 44.7 Å². The Kier molecular flexibility index (Phi) is 6.66. The molecule has 0 spiro atoms. The molecule has 0 bridgehead atoms. The molecule has 158 valence electrons. The zero-order chi connectivity index (χ0) is 20.9. The summed E-state index contributed by atoms with van der Waals surface area (Å²) in [6.45, 7) is 6.33. The maximum atomic E-state index is 12.9. The van der Waals surface area contributed by atoms with Crippen molar-refractivity contribution in [2.45, 2.75) is 26.1 Å². The number of halogens is 3. The summed E-state index contributed by atoms with van der Waals surface area (Å²) in [6.07, 6.45) is 0.459. The lowest BCUT2D eigenvalue weighted by molar-refractivity contribution is -0.137. The molecule has 0 unspecified atom stereocenters. The minimum absolute atomic E-state index is 0.608. The summed E-state index contributed by atoms with van der Waals surface area (Å²) in [4.78, 5) is 8.47. The Labute approximate surface area is 169 Å². The third-order valence-corrected chi connectivity index (χ3v) is 4.94. The van der Waals surface area contributed by atoms with E-state index in [9.17, 15) is 13.2 Å². The Morgan fingerprint density at radius 3 is 2.59 bits per heavy atom. The molecule has 1 fully saturated rings. The molecule has 1 aromatic heterocycles. The molecule has 3 rings (SSSR count). The Morgan fingerprint density at radius 2 is 1.97 bits per heavy atom. The van der Waals surface area contributed by atoms with E-state index in [0.717, 1.165) is 37.1 Å². The van der Waals surface area contributed by atoms with Crippen LogP contribution in [-0.4, -0.2) is 60.4 Å². The zero-order valence-electron chi connectivity index (χ0n) is 16.8. The van der Waals surface area contributed by atoms with Gasteiger partial charge in [-0.05, 0) is 37.1 Å². The minimum atomic E-state index is -4.32. The van der Waals surface area contributed by atoms with Crippen molar-refractivity contribution in [3.05, 3.63) is 47.8 Å². The van der Waals surface area contributed by atoms with Gasteiger partial charge in [-0.2, -0.15) is 18.3 Å². The first-order chi connectivity index (χ1) is 13.9. The topological polar surface area (TPSA) is 48.7 Å². The van der Waals surface area contributed by atoms with Crippen molar-refractivity contribution < 1.29 is 13.2 Å². The number of anilines is 1. The molecule has 1 aliphatic heterocycles. The van der Waals surface area contributed by atoms with Crippen LogP contribution in [0.25, 0.3) is 0 Å². The van der Waals surface area contributed by atoms with Crippen LogP contribution in [0.15, 0.2) is 41.7 Å². The summed E-state index contributed by atoms with van der Waals surface area (Å²) in [5, 5.41) is 7.64. The lowest BCUT2D eigenvalue weighted by atomic mass is 10.1. The molecule has 2 heterocycles. The van der Waals surface area contributed by atoms with E-state index in [-0.39, 0.29) is 0 Å². The van der Waals surface area contributed by atoms with Crippen molar-refractivity contribution in [2.24, 2.45) is 4.99 Å². The number of alkyl halides is 3. The summed E-state index contributed by atoms with van der Waals surface area (Å²) in [5.74, 6) is 0.824. The van der Waals surface area contributed by atoms with Gasteiger partial charge in [0.15, 0.2) is 5.96 Å². The summed E-state index contributed by atoms with van der Waals surface area (Å²) in [5.41, 5.74) is 1.15. The zero-order valence-corrected chi connectivity index (χ0v) is 16.8. The second-order valence-corrected chi connectivity index (χ2v) is 7.13. The Hall–Kier alpha value is -2.71. The first-order valence-corrected chi connectivity index (χ1v) is 9.73. The lowest BCUT2D eigenvalue weighted by Gasteiger charge is -2.37. The van der Waals surface area contributed by atoms with Crippen LogP contribution < -0.4 is 10.2 Å². The van der Waals surface area contributed by atoms with Gasteiger partial charge in [0.25, 0.3) is 0 Å². The molecule has 0 amide bonds. The first kappa shape index (κ1) is 21.0. The normalized spacial score (nSPS) is 15.7. The SMILES string of the molecule is CN=C(NCCCn1cc(C)cn1)N1CCN(c2cccc(C(F)(F)F)c2)CC1. The van der Waals surface area contributed by atoms with Crippen LogP contribution in [0.4, 0.5) is 18.9 Å². The quantitative estimate of drug-likeness (QED) is 0.470. The molecule has 29 heavy (non-hydrogen) atoms. The number of nitrogens with zero attached hydrogens (tertiary/aromatic N) is 5. The summed E-state index contributed by atoms with van der Waals surface area (Å²) < 4.78 is 40.8. The number of nitrogens with one attached hydrogen (secondary N) is 1. The number of rotatable bonds is 5. The Morgan fingerprint density at radius 1 is 1.21 bits per heavy atom. The van der Waals surface area contributed by atoms with E-state index in [1.165, 1.54) is 12.1 Å². The number of aryl methyl sites for hydroxylation is 2. The molecule has 9 heteroatoms. The van der Waals surface area contributed by atoms with Gasteiger partial charge < -0.3 is 15.1 Å². The van der Waals surface area contributed by atoms with E-state index in [1.54, 1.807) is 13.1 Å². The highest BCUT2D eigenvalue weighted by Crippen LogP contribution is 2.31. The average molecular weight is 408 g/mol. The smallest absolute Gasteiger partial charge is 0.368 e. The van der Waals surface area contributed by atoms with Gasteiger partial charge in [0.05, 0.1) is 11.8 Å². The second-order valence-electron chi connectivity index (χ2n) is 7.13. The fourth-order valence-electron chi connectivity index (χ4n) is 3.42. The maximum absolute atomic E-state index is 12.9. The van der Waals surface area contributed by atoms with Crippen molar-refractivity contribution in [1.29, 1.82) is 0 Å². The van der Waals surface area contributed by atoms with Crippen molar-refractivity contribution in [3.63, 3.8) is 0 Å². The molecule has 1 saturated heterocycles. The van der Waals surface area contributed by atoms with E-state index in [0.29, 0.717) is 31.9 Å². The number of benzene rings is 1. The Balaban J connectivity index is 1.47. The molecular weight excluding hydrogens is 381 g/mol. The fourth-order valence-corrected chi connectivity index (χ4v) is 3.42. The standard InChI is InChI=1S/C20H27F3N6/c1-16-14-26-29(15-16)8-4-7-25-19(24-2)28-11-9-27(10-12-28)18-6-3-5-17(13-18)20(21,22)23/h3,5-6,13-15H,4,7-12H2,1-2H3,(H,24,25). The molecule has 0 radical (unpaired) electrons. The largest absolute Gasteiger partial charge is 0.416 e. The van der Waals surface area contributed by atoms with Crippen LogP contribution in [0.5, 0.6) is 0 Å². The van der Waals surface area contributed by atoms with Crippen molar-refractivity contribution >= 4 is 11.6 Å². The van der Waals surface area contributed by atoms with E-state index in [2.05, 4.69) is 20.3 Å². The molecule has 0 atom stereocenters. The molecule has 2 aromatic rings. The van der Waals surface area contributed by atoms with Crippen LogP contribution >= 0.6 is 0 Å². The average Bonchev–Trinajstić information content (AvgIpc) is 3.13. The number of piperazine rings is 1. The first-order valence-electron chi connectivity index (χ1n) is 9.73. The van der Waals surface area contributed by atoms with Gasteiger partial charge >= 0.3 is 6.18 Å². The van der Waals surface area contributed by atoms with Crippen LogP contribution in [0.1, 0.15) is 17.5 Å². The van der Waals surface area contributed by atoms with Crippen LogP contribution in [0.3, 0.4) is 0 Å². The lowest BCUT2D eigenvalue weighted by Crippen LogP contribution is -2.52. The third-order valence-electron chi connectivity index (χ3n) is 4.94. The predicted octanol–water partition coefficient (Wildman–Crippen LogP) is 3.00.